The Morgan fingerprint density at radius 3 is 2.00 bits per heavy atom. The Kier molecular flexibility index (Phi) is 4.66. The maximum absolute atomic E-state index is 13.5. The zero-order valence-corrected chi connectivity index (χ0v) is 17.5. The molecule has 0 bridgehead atoms. The van der Waals surface area contributed by atoms with Gasteiger partial charge in [-0.2, -0.15) is 0 Å². The van der Waals surface area contributed by atoms with Crippen LogP contribution in [0.1, 0.15) is 32.3 Å². The van der Waals surface area contributed by atoms with Crippen LogP contribution in [0.3, 0.4) is 0 Å². The summed E-state index contributed by atoms with van der Waals surface area (Å²) < 4.78 is 10.8. The fourth-order valence-corrected chi connectivity index (χ4v) is 4.44. The van der Waals surface area contributed by atoms with Crippen molar-refractivity contribution in [1.29, 1.82) is 0 Å². The molecule has 3 aromatic carbocycles. The Balaban J connectivity index is 1.62. The van der Waals surface area contributed by atoms with Gasteiger partial charge in [0.25, 0.3) is 17.7 Å². The van der Waals surface area contributed by atoms with Gasteiger partial charge in [-0.1, -0.05) is 36.4 Å². The average Bonchev–Trinajstić information content (AvgIpc) is 3.08. The molecule has 0 unspecified atom stereocenters. The molecule has 160 valence electrons. The van der Waals surface area contributed by atoms with Crippen LogP contribution in [0.2, 0.25) is 0 Å². The quantitative estimate of drug-likeness (QED) is 0.460. The van der Waals surface area contributed by atoms with Crippen LogP contribution in [0.15, 0.2) is 72.8 Å². The van der Waals surface area contributed by atoms with Gasteiger partial charge in [-0.3, -0.25) is 24.2 Å². The first-order valence-corrected chi connectivity index (χ1v) is 10.1. The smallest absolute Gasteiger partial charge is 0.262 e. The van der Waals surface area contributed by atoms with Crippen molar-refractivity contribution in [3.8, 4) is 11.5 Å². The summed E-state index contributed by atoms with van der Waals surface area (Å²) in [5, 5.41) is 0. The van der Waals surface area contributed by atoms with Crippen molar-refractivity contribution in [2.45, 2.75) is 12.1 Å². The second kappa shape index (κ2) is 7.53. The number of fused-ring (bicyclic) bond motifs is 1. The summed E-state index contributed by atoms with van der Waals surface area (Å²) in [6, 6.07) is 19.5. The number of anilines is 1. The maximum atomic E-state index is 13.5. The van der Waals surface area contributed by atoms with E-state index < -0.39 is 23.9 Å². The van der Waals surface area contributed by atoms with Gasteiger partial charge in [-0.25, -0.2) is 0 Å². The molecule has 0 aliphatic carbocycles. The average molecular weight is 428 g/mol. The fourth-order valence-electron chi connectivity index (χ4n) is 4.44. The first-order valence-electron chi connectivity index (χ1n) is 10.1. The molecule has 0 radical (unpaired) electrons. The van der Waals surface area contributed by atoms with Gasteiger partial charge in [0, 0.05) is 0 Å². The molecule has 2 aliphatic heterocycles. The third-order valence-electron chi connectivity index (χ3n) is 5.95. The Bertz CT molecular complexity index is 1220. The molecule has 1 saturated heterocycles. The SMILES string of the molecule is COc1cccc([C@H]2[C@@H](N3C(=O)c4ccccc4C3=O)C(=O)N2c2ccccc2OC)c1. The molecule has 5 rings (SSSR count). The number of rotatable bonds is 5. The molecule has 0 aromatic heterocycles. The number of hydrogen-bond donors (Lipinski definition) is 0. The summed E-state index contributed by atoms with van der Waals surface area (Å²) in [6.45, 7) is 0. The van der Waals surface area contributed by atoms with Crippen molar-refractivity contribution < 1.29 is 23.9 Å². The number of benzene rings is 3. The Hall–Kier alpha value is -4.13. The Morgan fingerprint density at radius 1 is 0.688 bits per heavy atom. The first kappa shape index (κ1) is 19.8. The molecule has 3 aromatic rings. The molecular weight excluding hydrogens is 408 g/mol. The van der Waals surface area contributed by atoms with Crippen LogP contribution >= 0.6 is 0 Å². The predicted molar refractivity (Wildman–Crippen MR) is 117 cm³/mol. The highest BCUT2D eigenvalue weighted by molar-refractivity contribution is 6.24. The molecule has 2 atom stereocenters. The van der Waals surface area contributed by atoms with Gasteiger partial charge in [-0.05, 0) is 42.0 Å². The largest absolute Gasteiger partial charge is 0.497 e. The number of amides is 3. The van der Waals surface area contributed by atoms with Gasteiger partial charge in [0.1, 0.15) is 17.5 Å². The standard InChI is InChI=1S/C25H20N2O5/c1-31-16-9-7-8-15(14-16)21-22(25(30)26(21)19-12-5-6-13-20(19)32-2)27-23(28)17-10-3-4-11-18(17)24(27)29/h3-14,21-22H,1-2H3/t21-,22+/m0/s1. The van der Waals surface area contributed by atoms with Gasteiger partial charge >= 0.3 is 0 Å². The Labute approximate surface area is 184 Å². The van der Waals surface area contributed by atoms with E-state index in [2.05, 4.69) is 0 Å². The minimum atomic E-state index is -0.973. The second-order valence-corrected chi connectivity index (χ2v) is 7.57. The van der Waals surface area contributed by atoms with E-state index in [-0.39, 0.29) is 5.91 Å². The highest BCUT2D eigenvalue weighted by Gasteiger charge is 2.57. The van der Waals surface area contributed by atoms with Crippen LogP contribution in [-0.4, -0.2) is 42.9 Å². The number of imide groups is 1. The highest BCUT2D eigenvalue weighted by Crippen LogP contribution is 2.47. The number of hydrogen-bond acceptors (Lipinski definition) is 5. The van der Waals surface area contributed by atoms with Gasteiger partial charge < -0.3 is 9.47 Å². The number of β-lactam (4-membered cyclic amide) rings is 1. The molecule has 32 heavy (non-hydrogen) atoms. The van der Waals surface area contributed by atoms with Gasteiger partial charge in [0.2, 0.25) is 0 Å². The van der Waals surface area contributed by atoms with Crippen LogP contribution in [0.4, 0.5) is 5.69 Å². The highest BCUT2D eigenvalue weighted by atomic mass is 16.5. The van der Waals surface area contributed by atoms with Gasteiger partial charge in [0.15, 0.2) is 0 Å². The lowest BCUT2D eigenvalue weighted by Crippen LogP contribution is -2.67. The molecule has 2 aliphatic rings. The molecule has 0 spiro atoms. The second-order valence-electron chi connectivity index (χ2n) is 7.57. The number of carbonyl (C=O) groups is 3. The molecule has 0 saturated carbocycles. The lowest BCUT2D eigenvalue weighted by molar-refractivity contribution is -0.130. The third-order valence-corrected chi connectivity index (χ3v) is 5.95. The number of methoxy groups -OCH3 is 2. The molecule has 2 heterocycles. The van der Waals surface area contributed by atoms with E-state index in [4.69, 9.17) is 9.47 Å². The summed E-state index contributed by atoms with van der Waals surface area (Å²) in [7, 11) is 3.09. The minimum Gasteiger partial charge on any atom is -0.497 e. The topological polar surface area (TPSA) is 76.2 Å². The summed E-state index contributed by atoms with van der Waals surface area (Å²) >= 11 is 0. The molecule has 1 fully saturated rings. The minimum absolute atomic E-state index is 0.311. The third kappa shape index (κ3) is 2.78. The Morgan fingerprint density at radius 2 is 1.34 bits per heavy atom. The van der Waals surface area contributed by atoms with Crippen LogP contribution in [0, 0.1) is 0 Å². The van der Waals surface area contributed by atoms with E-state index in [0.717, 1.165) is 10.5 Å². The predicted octanol–water partition coefficient (Wildman–Crippen LogP) is 3.46. The van der Waals surface area contributed by atoms with E-state index >= 15 is 0 Å². The summed E-state index contributed by atoms with van der Waals surface area (Å²) in [4.78, 5) is 42.4. The number of ether oxygens (including phenoxy) is 2. The van der Waals surface area contributed by atoms with Crippen molar-refractivity contribution in [2.75, 3.05) is 19.1 Å². The normalized spacial score (nSPS) is 19.6. The summed E-state index contributed by atoms with van der Waals surface area (Å²) in [6.07, 6.45) is 0. The monoisotopic (exact) mass is 428 g/mol. The molecule has 3 amide bonds. The summed E-state index contributed by atoms with van der Waals surface area (Å²) in [5.74, 6) is -0.137. The number of carbonyl (C=O) groups excluding carboxylic acids is 3. The van der Waals surface area contributed by atoms with Crippen molar-refractivity contribution >= 4 is 23.4 Å². The van der Waals surface area contributed by atoms with Crippen LogP contribution in [-0.2, 0) is 4.79 Å². The zero-order valence-electron chi connectivity index (χ0n) is 17.5. The lowest BCUT2D eigenvalue weighted by Gasteiger charge is -2.50. The maximum Gasteiger partial charge on any atom is 0.262 e. The molecular formula is C25H20N2O5. The van der Waals surface area contributed by atoms with E-state index in [0.29, 0.717) is 28.3 Å². The lowest BCUT2D eigenvalue weighted by atomic mass is 9.86. The van der Waals surface area contributed by atoms with Gasteiger partial charge in [0.05, 0.1) is 37.1 Å². The molecule has 7 heteroatoms. The van der Waals surface area contributed by atoms with E-state index in [1.165, 1.54) is 7.11 Å². The van der Waals surface area contributed by atoms with Crippen LogP contribution in [0.25, 0.3) is 0 Å². The van der Waals surface area contributed by atoms with E-state index in [1.807, 2.05) is 30.3 Å². The van der Waals surface area contributed by atoms with E-state index in [1.54, 1.807) is 54.5 Å². The van der Waals surface area contributed by atoms with Crippen LogP contribution in [0.5, 0.6) is 11.5 Å². The van der Waals surface area contributed by atoms with Crippen molar-refractivity contribution in [1.82, 2.24) is 4.90 Å². The zero-order chi connectivity index (χ0) is 22.4. The van der Waals surface area contributed by atoms with Crippen molar-refractivity contribution in [3.63, 3.8) is 0 Å². The fraction of sp³-hybridized carbons (Fsp3) is 0.160. The molecule has 0 N–H and O–H groups in total. The number of para-hydroxylation sites is 2. The van der Waals surface area contributed by atoms with E-state index in [9.17, 15) is 14.4 Å². The van der Waals surface area contributed by atoms with Crippen molar-refractivity contribution in [2.24, 2.45) is 0 Å². The first-order chi connectivity index (χ1) is 15.6. The molecule has 7 nitrogen and oxygen atoms in total. The summed E-state index contributed by atoms with van der Waals surface area (Å²) in [5.41, 5.74) is 1.94. The van der Waals surface area contributed by atoms with Crippen molar-refractivity contribution in [3.05, 3.63) is 89.5 Å². The van der Waals surface area contributed by atoms with Crippen LogP contribution < -0.4 is 14.4 Å². The number of nitrogens with zero attached hydrogens (tertiary/aromatic N) is 2. The van der Waals surface area contributed by atoms with Gasteiger partial charge in [-0.15, -0.1) is 0 Å².